The summed E-state index contributed by atoms with van der Waals surface area (Å²) in [5.74, 6) is -0.153. The smallest absolute Gasteiger partial charge is 0.123 e. The zero-order valence-corrected chi connectivity index (χ0v) is 12.3. The van der Waals surface area contributed by atoms with Crippen molar-refractivity contribution in [3.8, 4) is 0 Å². The van der Waals surface area contributed by atoms with Crippen LogP contribution >= 0.6 is 0 Å². The van der Waals surface area contributed by atoms with E-state index in [0.717, 1.165) is 30.3 Å². The van der Waals surface area contributed by atoms with Gasteiger partial charge in [0.2, 0.25) is 0 Å². The molecule has 0 saturated heterocycles. The molecule has 0 aliphatic heterocycles. The summed E-state index contributed by atoms with van der Waals surface area (Å²) in [6, 6.07) is 5.58. The molecule has 3 heteroatoms. The largest absolute Gasteiger partial charge is 0.348 e. The van der Waals surface area contributed by atoms with Crippen molar-refractivity contribution in [2.24, 2.45) is 7.05 Å². The predicted molar refractivity (Wildman–Crippen MR) is 79.1 cm³/mol. The van der Waals surface area contributed by atoms with Crippen molar-refractivity contribution < 1.29 is 4.39 Å². The predicted octanol–water partition coefficient (Wildman–Crippen LogP) is 3.56. The van der Waals surface area contributed by atoms with Crippen LogP contribution in [0.3, 0.4) is 0 Å². The average Bonchev–Trinajstić information content (AvgIpc) is 2.58. The Morgan fingerprint density at radius 2 is 2.05 bits per heavy atom. The number of halogens is 1. The van der Waals surface area contributed by atoms with Crippen LogP contribution in [-0.2, 0) is 13.5 Å². The first-order valence-electron chi connectivity index (χ1n) is 6.97. The van der Waals surface area contributed by atoms with Gasteiger partial charge in [0.05, 0.1) is 0 Å². The summed E-state index contributed by atoms with van der Waals surface area (Å²) in [5, 5.41) is 4.48. The van der Waals surface area contributed by atoms with Gasteiger partial charge in [-0.3, -0.25) is 0 Å². The molecule has 2 aromatic rings. The van der Waals surface area contributed by atoms with E-state index >= 15 is 0 Å². The fourth-order valence-electron chi connectivity index (χ4n) is 2.59. The van der Waals surface area contributed by atoms with Crippen LogP contribution in [-0.4, -0.2) is 17.2 Å². The molecule has 0 atom stereocenters. The van der Waals surface area contributed by atoms with Crippen molar-refractivity contribution >= 4 is 10.9 Å². The summed E-state index contributed by atoms with van der Waals surface area (Å²) in [5.41, 5.74) is 3.64. The first kappa shape index (κ1) is 14.1. The van der Waals surface area contributed by atoms with Crippen molar-refractivity contribution in [1.82, 2.24) is 9.88 Å². The van der Waals surface area contributed by atoms with Crippen LogP contribution in [0.5, 0.6) is 0 Å². The minimum absolute atomic E-state index is 0.153. The Hall–Kier alpha value is -1.35. The van der Waals surface area contributed by atoms with Gasteiger partial charge in [0.1, 0.15) is 5.82 Å². The van der Waals surface area contributed by atoms with Crippen molar-refractivity contribution in [2.45, 2.75) is 39.7 Å². The van der Waals surface area contributed by atoms with Gasteiger partial charge in [0, 0.05) is 29.7 Å². The summed E-state index contributed by atoms with van der Waals surface area (Å²) in [6.45, 7) is 7.42. The van der Waals surface area contributed by atoms with Gasteiger partial charge in [0.15, 0.2) is 0 Å². The highest BCUT2D eigenvalue weighted by Gasteiger charge is 2.12. The van der Waals surface area contributed by atoms with E-state index in [1.54, 1.807) is 6.07 Å². The molecule has 1 aromatic carbocycles. The van der Waals surface area contributed by atoms with Crippen LogP contribution in [0.2, 0.25) is 0 Å². The molecule has 19 heavy (non-hydrogen) atoms. The molecule has 0 radical (unpaired) electrons. The van der Waals surface area contributed by atoms with Crippen LogP contribution in [0.25, 0.3) is 10.9 Å². The molecule has 0 aliphatic rings. The second-order valence-electron chi connectivity index (χ2n) is 5.50. The zero-order valence-electron chi connectivity index (χ0n) is 12.3. The monoisotopic (exact) mass is 262 g/mol. The van der Waals surface area contributed by atoms with Gasteiger partial charge in [0.25, 0.3) is 0 Å². The van der Waals surface area contributed by atoms with Crippen LogP contribution in [0.1, 0.15) is 31.5 Å². The molecule has 2 nitrogen and oxygen atoms in total. The number of aromatic nitrogens is 1. The van der Waals surface area contributed by atoms with E-state index in [1.807, 2.05) is 13.1 Å². The summed E-state index contributed by atoms with van der Waals surface area (Å²) in [4.78, 5) is 0. The van der Waals surface area contributed by atoms with Crippen LogP contribution in [0.4, 0.5) is 4.39 Å². The van der Waals surface area contributed by atoms with Gasteiger partial charge in [-0.25, -0.2) is 4.39 Å². The molecule has 1 heterocycles. The number of aryl methyl sites for hydroxylation is 2. The molecular weight excluding hydrogens is 239 g/mol. The molecule has 0 saturated carbocycles. The van der Waals surface area contributed by atoms with E-state index in [2.05, 4.69) is 30.7 Å². The fourth-order valence-corrected chi connectivity index (χ4v) is 2.59. The van der Waals surface area contributed by atoms with E-state index in [1.165, 1.54) is 17.3 Å². The minimum Gasteiger partial charge on any atom is -0.348 e. The van der Waals surface area contributed by atoms with Crippen LogP contribution in [0, 0.1) is 12.7 Å². The average molecular weight is 262 g/mol. The standard InChI is InChI=1S/C16H23FN2/c1-11(2)18-9-5-6-14-12(3)19(4)16-8-7-13(17)10-15(14)16/h7-8,10-11,18H,5-6,9H2,1-4H3. The van der Waals surface area contributed by atoms with Crippen molar-refractivity contribution in [2.75, 3.05) is 6.54 Å². The van der Waals surface area contributed by atoms with Gasteiger partial charge < -0.3 is 9.88 Å². The van der Waals surface area contributed by atoms with E-state index in [9.17, 15) is 4.39 Å². The highest BCUT2D eigenvalue weighted by Crippen LogP contribution is 2.26. The van der Waals surface area contributed by atoms with Crippen molar-refractivity contribution in [3.05, 3.63) is 35.3 Å². The Morgan fingerprint density at radius 3 is 2.74 bits per heavy atom. The Labute approximate surface area is 114 Å². The first-order chi connectivity index (χ1) is 9.00. The van der Waals surface area contributed by atoms with E-state index in [-0.39, 0.29) is 5.82 Å². The SMILES string of the molecule is Cc1c(CCCNC(C)C)c2cc(F)ccc2n1C. The Morgan fingerprint density at radius 1 is 1.32 bits per heavy atom. The molecule has 2 rings (SSSR count). The number of hydrogen-bond donors (Lipinski definition) is 1. The second kappa shape index (κ2) is 5.74. The summed E-state index contributed by atoms with van der Waals surface area (Å²) in [6.07, 6.45) is 2.07. The summed E-state index contributed by atoms with van der Waals surface area (Å²) < 4.78 is 15.6. The van der Waals surface area contributed by atoms with Crippen LogP contribution in [0.15, 0.2) is 18.2 Å². The van der Waals surface area contributed by atoms with E-state index < -0.39 is 0 Å². The minimum atomic E-state index is -0.153. The molecule has 0 bridgehead atoms. The van der Waals surface area contributed by atoms with Crippen molar-refractivity contribution in [3.63, 3.8) is 0 Å². The normalized spacial score (nSPS) is 11.7. The zero-order chi connectivity index (χ0) is 14.0. The van der Waals surface area contributed by atoms with Crippen molar-refractivity contribution in [1.29, 1.82) is 0 Å². The lowest BCUT2D eigenvalue weighted by Crippen LogP contribution is -2.23. The molecular formula is C16H23FN2. The molecule has 1 N–H and O–H groups in total. The number of rotatable bonds is 5. The Bertz CT molecular complexity index is 570. The number of nitrogens with one attached hydrogen (secondary N) is 1. The lowest BCUT2D eigenvalue weighted by atomic mass is 10.1. The van der Waals surface area contributed by atoms with Gasteiger partial charge in [-0.2, -0.15) is 0 Å². The molecule has 0 spiro atoms. The number of hydrogen-bond acceptors (Lipinski definition) is 1. The molecule has 0 amide bonds. The second-order valence-corrected chi connectivity index (χ2v) is 5.50. The quantitative estimate of drug-likeness (QED) is 0.815. The molecule has 0 fully saturated rings. The third-order valence-corrected chi connectivity index (χ3v) is 3.74. The molecule has 104 valence electrons. The maximum atomic E-state index is 13.4. The molecule has 0 unspecified atom stereocenters. The third-order valence-electron chi connectivity index (χ3n) is 3.74. The maximum absolute atomic E-state index is 13.4. The Kier molecular flexibility index (Phi) is 4.25. The van der Waals surface area contributed by atoms with Gasteiger partial charge in [-0.05, 0) is 50.1 Å². The lowest BCUT2D eigenvalue weighted by Gasteiger charge is -2.08. The highest BCUT2D eigenvalue weighted by atomic mass is 19.1. The highest BCUT2D eigenvalue weighted by molar-refractivity contribution is 5.85. The van der Waals surface area contributed by atoms with E-state index in [4.69, 9.17) is 0 Å². The number of nitrogens with zero attached hydrogens (tertiary/aromatic N) is 1. The van der Waals surface area contributed by atoms with Gasteiger partial charge in [-0.15, -0.1) is 0 Å². The Balaban J connectivity index is 2.22. The number of fused-ring (bicyclic) bond motifs is 1. The summed E-state index contributed by atoms with van der Waals surface area (Å²) in [7, 11) is 2.05. The van der Waals surface area contributed by atoms with Gasteiger partial charge in [-0.1, -0.05) is 13.8 Å². The lowest BCUT2D eigenvalue weighted by molar-refractivity contribution is 0.570. The maximum Gasteiger partial charge on any atom is 0.123 e. The molecule has 1 aromatic heterocycles. The molecule has 0 aliphatic carbocycles. The first-order valence-corrected chi connectivity index (χ1v) is 6.97. The third kappa shape index (κ3) is 2.98. The topological polar surface area (TPSA) is 17.0 Å². The number of benzene rings is 1. The van der Waals surface area contributed by atoms with Crippen LogP contribution < -0.4 is 5.32 Å². The van der Waals surface area contributed by atoms with E-state index in [0.29, 0.717) is 6.04 Å². The van der Waals surface area contributed by atoms with Gasteiger partial charge >= 0.3 is 0 Å². The summed E-state index contributed by atoms with van der Waals surface area (Å²) >= 11 is 0. The fraction of sp³-hybridized carbons (Fsp3) is 0.500.